The van der Waals surface area contributed by atoms with E-state index in [9.17, 15) is 9.90 Å². The van der Waals surface area contributed by atoms with Gasteiger partial charge >= 0.3 is 0 Å². The normalized spacial score (nSPS) is 13.4. The fourth-order valence-corrected chi connectivity index (χ4v) is 6.15. The average molecular weight is 767 g/mol. The summed E-state index contributed by atoms with van der Waals surface area (Å²) in [5, 5.41) is 10.6. The first-order valence-electron chi connectivity index (χ1n) is 15.8. The number of allylic oxidation sites excluding steroid dienone is 2. The topological polar surface area (TPSA) is 50.2 Å². The van der Waals surface area contributed by atoms with E-state index in [1.165, 1.54) is 44.8 Å². The van der Waals surface area contributed by atoms with Crippen LogP contribution in [0.2, 0.25) is 0 Å². The minimum Gasteiger partial charge on any atom is -0.512 e. The van der Waals surface area contributed by atoms with Gasteiger partial charge in [0.05, 0.1) is 11.3 Å². The summed E-state index contributed by atoms with van der Waals surface area (Å²) in [6.45, 7) is 19.4. The number of aryl methyl sites for hydroxylation is 1. The summed E-state index contributed by atoms with van der Waals surface area (Å²) < 4.78 is 0. The van der Waals surface area contributed by atoms with E-state index in [1.54, 1.807) is 0 Å². The molecule has 1 N–H and O–H groups in total. The SMILES string of the molecule is CC(C)CC(=O)/C=C(\O)CC(C)C.Cc1ccc[c-]c1-c1cc(CC(C)C)c2cc3c(cc2n1)C(C)(C)c1ccccc1-3.[Ir]. The van der Waals surface area contributed by atoms with Crippen LogP contribution in [-0.4, -0.2) is 15.9 Å². The van der Waals surface area contributed by atoms with Crippen molar-refractivity contribution in [3.05, 3.63) is 101 Å². The molecule has 0 aliphatic heterocycles. The Bertz CT molecular complexity index is 1650. The summed E-state index contributed by atoms with van der Waals surface area (Å²) in [5.41, 5.74) is 11.3. The number of carbonyl (C=O) groups is 1. The van der Waals surface area contributed by atoms with Gasteiger partial charge in [0.1, 0.15) is 0 Å². The number of pyridine rings is 1. The van der Waals surface area contributed by atoms with Crippen LogP contribution in [0.3, 0.4) is 0 Å². The number of aliphatic hydroxyl groups is 1. The third-order valence-corrected chi connectivity index (χ3v) is 8.10. The molecule has 0 bridgehead atoms. The fraction of sp³-hybridized carbons (Fsp3) is 0.400. The summed E-state index contributed by atoms with van der Waals surface area (Å²) in [4.78, 5) is 16.4. The quantitative estimate of drug-likeness (QED) is 0.110. The first kappa shape index (κ1) is 35.4. The minimum absolute atomic E-state index is 0. The molecule has 0 atom stereocenters. The number of aromatic nitrogens is 1. The molecule has 0 unspecified atom stereocenters. The molecule has 1 aliphatic rings. The third-order valence-electron chi connectivity index (χ3n) is 8.10. The van der Waals surface area contributed by atoms with Gasteiger partial charge in [-0.3, -0.25) is 9.78 Å². The van der Waals surface area contributed by atoms with Crippen molar-refractivity contribution in [3.8, 4) is 22.4 Å². The van der Waals surface area contributed by atoms with Gasteiger partial charge < -0.3 is 5.11 Å². The molecular weight excluding hydrogens is 719 g/mol. The summed E-state index contributed by atoms with van der Waals surface area (Å²) in [6.07, 6.45) is 3.51. The van der Waals surface area contributed by atoms with E-state index < -0.39 is 0 Å². The summed E-state index contributed by atoms with van der Waals surface area (Å²) in [7, 11) is 0. The average Bonchev–Trinajstić information content (AvgIpc) is 3.13. The Balaban J connectivity index is 0.000000324. The second-order valence-electron chi connectivity index (χ2n) is 13.9. The number of fused-ring (bicyclic) bond motifs is 4. The Kier molecular flexibility index (Phi) is 11.9. The molecule has 44 heavy (non-hydrogen) atoms. The molecule has 0 spiro atoms. The summed E-state index contributed by atoms with van der Waals surface area (Å²) >= 11 is 0. The Morgan fingerprint density at radius 3 is 2.20 bits per heavy atom. The predicted octanol–water partition coefficient (Wildman–Crippen LogP) is 10.6. The number of aliphatic hydroxyl groups excluding tert-OH is 1. The number of hydrogen-bond donors (Lipinski definition) is 1. The van der Waals surface area contributed by atoms with Crippen LogP contribution >= 0.6 is 0 Å². The van der Waals surface area contributed by atoms with E-state index in [0.29, 0.717) is 30.6 Å². The zero-order chi connectivity index (χ0) is 31.5. The molecule has 0 fully saturated rings. The molecule has 1 aliphatic carbocycles. The van der Waals surface area contributed by atoms with Gasteiger partial charge in [-0.1, -0.05) is 92.6 Å². The molecule has 0 saturated carbocycles. The van der Waals surface area contributed by atoms with Crippen LogP contribution in [0.4, 0.5) is 0 Å². The molecule has 5 rings (SSSR count). The minimum atomic E-state index is -0.00913. The van der Waals surface area contributed by atoms with Crippen LogP contribution < -0.4 is 0 Å². The molecule has 0 amide bonds. The molecule has 1 heterocycles. The van der Waals surface area contributed by atoms with E-state index in [0.717, 1.165) is 23.2 Å². The molecule has 235 valence electrons. The molecule has 1 radical (unpaired) electrons. The van der Waals surface area contributed by atoms with Crippen molar-refractivity contribution in [2.24, 2.45) is 17.8 Å². The largest absolute Gasteiger partial charge is 0.512 e. The Labute approximate surface area is 278 Å². The van der Waals surface area contributed by atoms with Gasteiger partial charge in [0.2, 0.25) is 0 Å². The maximum atomic E-state index is 11.2. The van der Waals surface area contributed by atoms with E-state index >= 15 is 0 Å². The fourth-order valence-electron chi connectivity index (χ4n) is 6.15. The number of benzene rings is 3. The zero-order valence-electron chi connectivity index (χ0n) is 27.8. The zero-order valence-corrected chi connectivity index (χ0v) is 30.2. The van der Waals surface area contributed by atoms with Crippen molar-refractivity contribution in [2.75, 3.05) is 0 Å². The van der Waals surface area contributed by atoms with Gasteiger partial charge in [-0.25, -0.2) is 0 Å². The molecule has 4 heteroatoms. The van der Waals surface area contributed by atoms with Crippen LogP contribution in [0.25, 0.3) is 33.3 Å². The van der Waals surface area contributed by atoms with Crippen LogP contribution in [0.5, 0.6) is 0 Å². The van der Waals surface area contributed by atoms with Gasteiger partial charge in [-0.05, 0) is 69.8 Å². The second kappa shape index (κ2) is 14.8. The Hall–Kier alpha value is -3.07. The molecule has 3 aromatic carbocycles. The van der Waals surface area contributed by atoms with Gasteiger partial charge in [-0.15, -0.1) is 35.4 Å². The Morgan fingerprint density at radius 2 is 1.57 bits per heavy atom. The number of rotatable bonds is 8. The number of carbonyl (C=O) groups excluding carboxylic acids is 1. The third kappa shape index (κ3) is 8.14. The van der Waals surface area contributed by atoms with Crippen molar-refractivity contribution in [3.63, 3.8) is 0 Å². The summed E-state index contributed by atoms with van der Waals surface area (Å²) in [6, 6.07) is 25.5. The monoisotopic (exact) mass is 767 g/mol. The van der Waals surface area contributed by atoms with E-state index in [4.69, 9.17) is 4.98 Å². The predicted molar refractivity (Wildman–Crippen MR) is 181 cm³/mol. The van der Waals surface area contributed by atoms with Gasteiger partial charge in [0.15, 0.2) is 5.78 Å². The smallest absolute Gasteiger partial charge is 0.159 e. The first-order valence-corrected chi connectivity index (χ1v) is 15.8. The second-order valence-corrected chi connectivity index (χ2v) is 13.9. The van der Waals surface area contributed by atoms with E-state index in [-0.39, 0.29) is 37.1 Å². The van der Waals surface area contributed by atoms with Crippen molar-refractivity contribution in [1.29, 1.82) is 0 Å². The van der Waals surface area contributed by atoms with Crippen LogP contribution in [-0.2, 0) is 36.7 Å². The standard InChI is InChI=1S/C29H28N.C11H20O2.Ir/c1-18(2)14-20-15-27(21-11-7-6-10-19(21)3)30-28-17-26-24(16-23(20)28)22-12-8-9-13-25(22)29(26,4)5;1-8(2)5-10(12)7-11(13)6-9(3)4;/h6-10,12-13,15-18H,14H2,1-5H3;7-9,12H,5-6H2,1-4H3;/q-1;;/b;10-7-;. The number of ketones is 1. The maximum Gasteiger partial charge on any atom is 0.159 e. The van der Waals surface area contributed by atoms with Crippen molar-refractivity contribution < 1.29 is 30.0 Å². The number of hydrogen-bond acceptors (Lipinski definition) is 3. The maximum absolute atomic E-state index is 11.2. The van der Waals surface area contributed by atoms with Crippen LogP contribution in [0.1, 0.15) is 90.5 Å². The first-order chi connectivity index (χ1) is 20.3. The van der Waals surface area contributed by atoms with Crippen LogP contribution in [0.15, 0.2) is 72.5 Å². The van der Waals surface area contributed by atoms with Crippen molar-refractivity contribution in [2.45, 2.75) is 87.0 Å². The molecule has 0 saturated heterocycles. The van der Waals surface area contributed by atoms with E-state index in [1.807, 2.05) is 39.8 Å². The van der Waals surface area contributed by atoms with E-state index in [2.05, 4.69) is 89.2 Å². The van der Waals surface area contributed by atoms with Crippen molar-refractivity contribution in [1.82, 2.24) is 4.98 Å². The van der Waals surface area contributed by atoms with Gasteiger partial charge in [-0.2, -0.15) is 0 Å². The van der Waals surface area contributed by atoms with Crippen LogP contribution in [0, 0.1) is 30.7 Å². The molecular formula is C40H48IrNO2-. The number of nitrogens with zero attached hydrogens (tertiary/aromatic N) is 1. The molecule has 1 aromatic heterocycles. The molecule has 3 nitrogen and oxygen atoms in total. The van der Waals surface area contributed by atoms with Gasteiger partial charge in [0, 0.05) is 49.8 Å². The molecule has 4 aromatic rings. The summed E-state index contributed by atoms with van der Waals surface area (Å²) in [5.74, 6) is 1.56. The Morgan fingerprint density at radius 1 is 0.886 bits per heavy atom. The van der Waals surface area contributed by atoms with Crippen molar-refractivity contribution >= 4 is 16.7 Å². The van der Waals surface area contributed by atoms with Gasteiger partial charge in [0.25, 0.3) is 0 Å².